The Labute approximate surface area is 150 Å². The number of carbonyl (C=O) groups is 1. The molecule has 3 rings (SSSR count). The summed E-state index contributed by atoms with van der Waals surface area (Å²) in [5.41, 5.74) is 3.68. The summed E-state index contributed by atoms with van der Waals surface area (Å²) in [6.07, 6.45) is 3.33. The Bertz CT molecular complexity index is 880. The van der Waals surface area contributed by atoms with Gasteiger partial charge in [0.25, 0.3) is 5.22 Å². The quantitative estimate of drug-likeness (QED) is 0.701. The second-order valence-electron chi connectivity index (χ2n) is 5.68. The molecule has 2 heterocycles. The number of nitrogens with one attached hydrogen (secondary N) is 1. The van der Waals surface area contributed by atoms with Crippen molar-refractivity contribution in [2.45, 2.75) is 31.2 Å². The Morgan fingerprint density at radius 3 is 2.84 bits per heavy atom. The highest BCUT2D eigenvalue weighted by atomic mass is 32.2. The van der Waals surface area contributed by atoms with Crippen molar-refractivity contribution in [3.05, 3.63) is 53.9 Å². The molecule has 0 radical (unpaired) electrons. The van der Waals surface area contributed by atoms with Gasteiger partial charge in [0, 0.05) is 18.1 Å². The number of aromatic nitrogens is 3. The lowest BCUT2D eigenvalue weighted by molar-refractivity contribution is -0.115. The largest absolute Gasteiger partial charge is 0.411 e. The first-order chi connectivity index (χ1) is 12.0. The van der Waals surface area contributed by atoms with Gasteiger partial charge >= 0.3 is 0 Å². The minimum Gasteiger partial charge on any atom is -0.411 e. The van der Waals surface area contributed by atoms with Gasteiger partial charge in [-0.25, -0.2) is 0 Å². The summed E-state index contributed by atoms with van der Waals surface area (Å²) in [6, 6.07) is 9.60. The Morgan fingerprint density at radius 1 is 1.24 bits per heavy atom. The van der Waals surface area contributed by atoms with Crippen molar-refractivity contribution in [2.75, 3.05) is 5.32 Å². The van der Waals surface area contributed by atoms with Crippen LogP contribution in [0.3, 0.4) is 0 Å². The molecule has 1 aromatic carbocycles. The molecule has 0 saturated carbocycles. The van der Waals surface area contributed by atoms with E-state index in [9.17, 15) is 4.79 Å². The number of thioether (sulfide) groups is 1. The van der Waals surface area contributed by atoms with Crippen LogP contribution >= 0.6 is 11.8 Å². The average Bonchev–Trinajstić information content (AvgIpc) is 3.07. The van der Waals surface area contributed by atoms with E-state index >= 15 is 0 Å². The molecule has 25 heavy (non-hydrogen) atoms. The third-order valence-electron chi connectivity index (χ3n) is 3.61. The second kappa shape index (κ2) is 7.48. The van der Waals surface area contributed by atoms with Crippen LogP contribution in [0.1, 0.15) is 18.1 Å². The molecular weight excluding hydrogens is 336 g/mol. The monoisotopic (exact) mass is 354 g/mol. The first-order valence-corrected chi connectivity index (χ1v) is 8.69. The molecule has 0 spiro atoms. The fraction of sp³-hybridized carbons (Fsp3) is 0.222. The third-order valence-corrected chi connectivity index (χ3v) is 4.55. The summed E-state index contributed by atoms with van der Waals surface area (Å²) in [6.45, 7) is 5.76. The van der Waals surface area contributed by atoms with Crippen molar-refractivity contribution in [1.82, 2.24) is 15.2 Å². The zero-order chi connectivity index (χ0) is 17.8. The van der Waals surface area contributed by atoms with E-state index in [4.69, 9.17) is 4.42 Å². The minimum absolute atomic E-state index is 0.111. The van der Waals surface area contributed by atoms with Crippen LogP contribution in [-0.4, -0.2) is 26.3 Å². The predicted octanol–water partition coefficient (Wildman–Crippen LogP) is 3.87. The molecule has 0 fully saturated rings. The lowest BCUT2D eigenvalue weighted by atomic mass is 10.1. The number of carbonyl (C=O) groups excluding carboxylic acids is 1. The number of rotatable bonds is 5. The number of pyridine rings is 1. The first kappa shape index (κ1) is 17.2. The Balaban J connectivity index is 1.66. The second-order valence-corrected chi connectivity index (χ2v) is 6.97. The van der Waals surface area contributed by atoms with Crippen LogP contribution in [0.15, 0.2) is 52.4 Å². The van der Waals surface area contributed by atoms with Gasteiger partial charge < -0.3 is 9.73 Å². The van der Waals surface area contributed by atoms with E-state index in [2.05, 4.69) is 20.5 Å². The molecule has 3 aromatic rings. The molecule has 128 valence electrons. The van der Waals surface area contributed by atoms with Crippen molar-refractivity contribution in [3.8, 4) is 11.5 Å². The molecule has 1 amide bonds. The van der Waals surface area contributed by atoms with Crippen LogP contribution in [0, 0.1) is 13.8 Å². The zero-order valence-corrected chi connectivity index (χ0v) is 15.0. The lowest BCUT2D eigenvalue weighted by Gasteiger charge is -2.12. The van der Waals surface area contributed by atoms with Crippen LogP contribution in [0.5, 0.6) is 0 Å². The van der Waals surface area contributed by atoms with Gasteiger partial charge in [0.1, 0.15) is 0 Å². The van der Waals surface area contributed by atoms with E-state index < -0.39 is 0 Å². The summed E-state index contributed by atoms with van der Waals surface area (Å²) in [7, 11) is 0. The van der Waals surface area contributed by atoms with Gasteiger partial charge in [-0.05, 0) is 50.1 Å². The Morgan fingerprint density at radius 2 is 2.08 bits per heavy atom. The molecule has 0 saturated heterocycles. The van der Waals surface area contributed by atoms with Crippen LogP contribution in [0.4, 0.5) is 5.69 Å². The number of aryl methyl sites for hydroxylation is 2. The Hall–Kier alpha value is -2.67. The van der Waals surface area contributed by atoms with Crippen molar-refractivity contribution >= 4 is 23.4 Å². The first-order valence-electron chi connectivity index (χ1n) is 7.81. The fourth-order valence-corrected chi connectivity index (χ4v) is 2.86. The zero-order valence-electron chi connectivity index (χ0n) is 14.2. The van der Waals surface area contributed by atoms with Gasteiger partial charge in [-0.3, -0.25) is 9.78 Å². The van der Waals surface area contributed by atoms with E-state index in [0.717, 1.165) is 22.4 Å². The molecule has 0 bridgehead atoms. The fourth-order valence-electron chi connectivity index (χ4n) is 2.17. The summed E-state index contributed by atoms with van der Waals surface area (Å²) in [5, 5.41) is 10.9. The number of anilines is 1. The molecule has 1 N–H and O–H groups in total. The van der Waals surface area contributed by atoms with Crippen molar-refractivity contribution < 1.29 is 9.21 Å². The van der Waals surface area contributed by atoms with Crippen molar-refractivity contribution in [3.63, 3.8) is 0 Å². The molecule has 0 aliphatic rings. The SMILES string of the molecule is Cc1ccc(C)c(NC(=O)[C@H](C)Sc2nnc(-c3cccnc3)o2)c1. The third kappa shape index (κ3) is 4.24. The maximum atomic E-state index is 12.4. The van der Waals surface area contributed by atoms with E-state index in [1.54, 1.807) is 25.4 Å². The van der Waals surface area contributed by atoms with E-state index in [-0.39, 0.29) is 11.2 Å². The molecule has 6 nitrogen and oxygen atoms in total. The molecule has 7 heteroatoms. The number of hydrogen-bond acceptors (Lipinski definition) is 6. The van der Waals surface area contributed by atoms with Gasteiger partial charge in [0.15, 0.2) is 0 Å². The summed E-state index contributed by atoms with van der Waals surface area (Å²) < 4.78 is 5.60. The van der Waals surface area contributed by atoms with Crippen LogP contribution in [0.25, 0.3) is 11.5 Å². The minimum atomic E-state index is -0.373. The molecule has 1 atom stereocenters. The van der Waals surface area contributed by atoms with Gasteiger partial charge in [0.05, 0.1) is 10.8 Å². The van der Waals surface area contributed by atoms with Crippen molar-refractivity contribution in [2.24, 2.45) is 0 Å². The maximum absolute atomic E-state index is 12.4. The standard InChI is InChI=1S/C18H18N4O2S/c1-11-6-7-12(2)15(9-11)20-16(23)13(3)25-18-22-21-17(24-18)14-5-4-8-19-10-14/h4-10,13H,1-3H3,(H,20,23)/t13-/m0/s1. The normalized spacial score (nSPS) is 12.0. The highest BCUT2D eigenvalue weighted by Crippen LogP contribution is 2.27. The molecule has 0 aliphatic heterocycles. The van der Waals surface area contributed by atoms with Crippen LogP contribution < -0.4 is 5.32 Å². The van der Waals surface area contributed by atoms with Gasteiger partial charge in [-0.2, -0.15) is 0 Å². The summed E-state index contributed by atoms with van der Waals surface area (Å²) in [5.74, 6) is 0.276. The van der Waals surface area contributed by atoms with E-state index in [1.807, 2.05) is 38.1 Å². The summed E-state index contributed by atoms with van der Waals surface area (Å²) in [4.78, 5) is 16.4. The maximum Gasteiger partial charge on any atom is 0.277 e. The average molecular weight is 354 g/mol. The molecule has 0 unspecified atom stereocenters. The Kier molecular flexibility index (Phi) is 5.14. The number of benzene rings is 1. The highest BCUT2D eigenvalue weighted by molar-refractivity contribution is 8.00. The van der Waals surface area contributed by atoms with Crippen LogP contribution in [-0.2, 0) is 4.79 Å². The number of amides is 1. The van der Waals surface area contributed by atoms with E-state index in [0.29, 0.717) is 11.1 Å². The number of hydrogen-bond donors (Lipinski definition) is 1. The topological polar surface area (TPSA) is 80.9 Å². The van der Waals surface area contributed by atoms with Crippen molar-refractivity contribution in [1.29, 1.82) is 0 Å². The lowest BCUT2D eigenvalue weighted by Crippen LogP contribution is -2.22. The van der Waals surface area contributed by atoms with Gasteiger partial charge in [0.2, 0.25) is 11.8 Å². The number of nitrogens with zero attached hydrogens (tertiary/aromatic N) is 3. The van der Waals surface area contributed by atoms with E-state index in [1.165, 1.54) is 11.8 Å². The smallest absolute Gasteiger partial charge is 0.277 e. The predicted molar refractivity (Wildman–Crippen MR) is 97.4 cm³/mol. The summed E-state index contributed by atoms with van der Waals surface area (Å²) >= 11 is 1.22. The highest BCUT2D eigenvalue weighted by Gasteiger charge is 2.19. The van der Waals surface area contributed by atoms with Crippen LogP contribution in [0.2, 0.25) is 0 Å². The molecule has 2 aromatic heterocycles. The van der Waals surface area contributed by atoms with Gasteiger partial charge in [-0.15, -0.1) is 10.2 Å². The molecule has 0 aliphatic carbocycles. The van der Waals surface area contributed by atoms with Gasteiger partial charge in [-0.1, -0.05) is 23.9 Å². The molecular formula is C18H18N4O2S.